The predicted octanol–water partition coefficient (Wildman–Crippen LogP) is 2.75. The van der Waals surface area contributed by atoms with Gasteiger partial charge in [0.25, 0.3) is 5.91 Å². The van der Waals surface area contributed by atoms with Crippen molar-refractivity contribution in [3.8, 4) is 0 Å². The van der Waals surface area contributed by atoms with Crippen LogP contribution in [0.2, 0.25) is 10.2 Å². The maximum Gasteiger partial charge on any atom is 0.325 e. The molecule has 2 fully saturated rings. The second-order valence-electron chi connectivity index (χ2n) is 5.17. The van der Waals surface area contributed by atoms with Crippen molar-refractivity contribution in [1.82, 2.24) is 15.2 Å². The molecule has 0 aromatic carbocycles. The number of halogens is 2. The number of pyridine rings is 1. The second kappa shape index (κ2) is 4.90. The average Bonchev–Trinajstić information content (AvgIpc) is 2.96. The first-order chi connectivity index (χ1) is 9.52. The zero-order valence-electron chi connectivity index (χ0n) is 10.7. The van der Waals surface area contributed by atoms with Crippen molar-refractivity contribution in [3.05, 3.63) is 28.0 Å². The van der Waals surface area contributed by atoms with Crippen molar-refractivity contribution in [2.75, 3.05) is 0 Å². The quantitative estimate of drug-likeness (QED) is 0.674. The highest BCUT2D eigenvalue weighted by Gasteiger charge is 2.52. The molecule has 0 unspecified atom stereocenters. The van der Waals surface area contributed by atoms with Crippen molar-refractivity contribution in [1.29, 1.82) is 0 Å². The molecule has 1 N–H and O–H groups in total. The third-order valence-corrected chi connectivity index (χ3v) is 4.45. The number of rotatable bonds is 2. The van der Waals surface area contributed by atoms with Crippen LogP contribution in [0.1, 0.15) is 31.4 Å². The molecular formula is C13H13Cl2N3O2. The lowest BCUT2D eigenvalue weighted by Crippen LogP contribution is -2.44. The molecule has 0 bridgehead atoms. The Morgan fingerprint density at radius 2 is 1.95 bits per heavy atom. The molecule has 3 amide bonds. The molecule has 1 aliphatic heterocycles. The van der Waals surface area contributed by atoms with Crippen LogP contribution < -0.4 is 5.32 Å². The summed E-state index contributed by atoms with van der Waals surface area (Å²) < 4.78 is 0. The van der Waals surface area contributed by atoms with Crippen LogP contribution in [-0.4, -0.2) is 27.4 Å². The molecule has 1 aromatic heterocycles. The summed E-state index contributed by atoms with van der Waals surface area (Å²) in [4.78, 5) is 29.8. The SMILES string of the molecule is O=C1NC2(CCCC2)C(=O)N1Cc1nc(Cl)ccc1Cl. The summed E-state index contributed by atoms with van der Waals surface area (Å²) >= 11 is 11.9. The second-order valence-corrected chi connectivity index (χ2v) is 5.97. The Bertz CT molecular complexity index is 585. The van der Waals surface area contributed by atoms with E-state index in [4.69, 9.17) is 23.2 Å². The maximum absolute atomic E-state index is 12.5. The standard InChI is InChI=1S/C13H13Cl2N3O2/c14-8-3-4-10(15)16-9(8)7-18-11(19)13(17-12(18)20)5-1-2-6-13/h3-4H,1-2,5-7H2,(H,17,20). The zero-order valence-corrected chi connectivity index (χ0v) is 12.2. The molecule has 2 heterocycles. The van der Waals surface area contributed by atoms with E-state index in [1.807, 2.05) is 0 Å². The highest BCUT2D eigenvalue weighted by Crippen LogP contribution is 2.35. The number of amides is 3. The van der Waals surface area contributed by atoms with E-state index < -0.39 is 5.54 Å². The normalized spacial score (nSPS) is 20.8. The van der Waals surface area contributed by atoms with Gasteiger partial charge in [-0.15, -0.1) is 0 Å². The van der Waals surface area contributed by atoms with Crippen LogP contribution >= 0.6 is 23.2 Å². The number of urea groups is 1. The molecule has 1 aliphatic carbocycles. The van der Waals surface area contributed by atoms with Gasteiger partial charge in [0.05, 0.1) is 17.3 Å². The van der Waals surface area contributed by atoms with Crippen molar-refractivity contribution < 1.29 is 9.59 Å². The van der Waals surface area contributed by atoms with Gasteiger partial charge in [-0.3, -0.25) is 9.69 Å². The summed E-state index contributed by atoms with van der Waals surface area (Å²) in [6.07, 6.45) is 3.31. The molecule has 1 saturated heterocycles. The minimum absolute atomic E-state index is 0.0474. The highest BCUT2D eigenvalue weighted by molar-refractivity contribution is 6.32. The third-order valence-electron chi connectivity index (χ3n) is 3.90. The lowest BCUT2D eigenvalue weighted by molar-refractivity contribution is -0.131. The van der Waals surface area contributed by atoms with E-state index in [1.165, 1.54) is 4.90 Å². The molecule has 0 radical (unpaired) electrons. The first-order valence-electron chi connectivity index (χ1n) is 6.47. The first-order valence-corrected chi connectivity index (χ1v) is 7.22. The Morgan fingerprint density at radius 1 is 1.25 bits per heavy atom. The molecule has 2 aliphatic rings. The molecule has 5 nitrogen and oxygen atoms in total. The van der Waals surface area contributed by atoms with Gasteiger partial charge in [0.1, 0.15) is 10.7 Å². The van der Waals surface area contributed by atoms with E-state index in [9.17, 15) is 9.59 Å². The van der Waals surface area contributed by atoms with Crippen molar-refractivity contribution in [2.24, 2.45) is 0 Å². The number of aromatic nitrogens is 1. The van der Waals surface area contributed by atoms with E-state index in [1.54, 1.807) is 12.1 Å². The minimum atomic E-state index is -0.706. The summed E-state index contributed by atoms with van der Waals surface area (Å²) in [6, 6.07) is 2.79. The molecule has 3 rings (SSSR count). The Hall–Kier alpha value is -1.33. The Morgan fingerprint density at radius 3 is 2.65 bits per heavy atom. The molecule has 1 aromatic rings. The number of carbonyl (C=O) groups is 2. The number of imide groups is 1. The van der Waals surface area contributed by atoms with Crippen LogP contribution in [0, 0.1) is 0 Å². The lowest BCUT2D eigenvalue weighted by Gasteiger charge is -2.20. The van der Waals surface area contributed by atoms with Crippen LogP contribution in [0.3, 0.4) is 0 Å². The fourth-order valence-electron chi connectivity index (χ4n) is 2.86. The summed E-state index contributed by atoms with van der Waals surface area (Å²) in [6.45, 7) is 0.0474. The molecule has 1 saturated carbocycles. The fraction of sp³-hybridized carbons (Fsp3) is 0.462. The largest absolute Gasteiger partial charge is 0.325 e. The topological polar surface area (TPSA) is 62.3 Å². The van der Waals surface area contributed by atoms with Crippen molar-refractivity contribution in [2.45, 2.75) is 37.8 Å². The zero-order chi connectivity index (χ0) is 14.3. The maximum atomic E-state index is 12.5. The third kappa shape index (κ3) is 2.15. The smallest absolute Gasteiger partial charge is 0.323 e. The molecule has 20 heavy (non-hydrogen) atoms. The van der Waals surface area contributed by atoms with Gasteiger partial charge in [-0.25, -0.2) is 9.78 Å². The Balaban J connectivity index is 1.86. The molecule has 106 valence electrons. The van der Waals surface area contributed by atoms with Crippen LogP contribution in [0.15, 0.2) is 12.1 Å². The van der Waals surface area contributed by atoms with Crippen molar-refractivity contribution in [3.63, 3.8) is 0 Å². The molecule has 0 atom stereocenters. The number of carbonyl (C=O) groups excluding carboxylic acids is 2. The van der Waals surface area contributed by atoms with Gasteiger partial charge in [-0.2, -0.15) is 0 Å². The van der Waals surface area contributed by atoms with Gasteiger partial charge in [0, 0.05) is 0 Å². The number of nitrogens with one attached hydrogen (secondary N) is 1. The van der Waals surface area contributed by atoms with E-state index in [0.29, 0.717) is 23.6 Å². The molecular weight excluding hydrogens is 301 g/mol. The molecule has 1 spiro atoms. The Labute approximate surface area is 126 Å². The summed E-state index contributed by atoms with van der Waals surface area (Å²) in [5, 5.41) is 3.49. The molecule has 7 heteroatoms. The minimum Gasteiger partial charge on any atom is -0.323 e. The fourth-order valence-corrected chi connectivity index (χ4v) is 3.19. The van der Waals surface area contributed by atoms with Gasteiger partial charge in [0.2, 0.25) is 0 Å². The van der Waals surface area contributed by atoms with E-state index in [2.05, 4.69) is 10.3 Å². The van der Waals surface area contributed by atoms with E-state index >= 15 is 0 Å². The van der Waals surface area contributed by atoms with Crippen LogP contribution in [0.4, 0.5) is 4.79 Å². The number of hydrogen-bond acceptors (Lipinski definition) is 3. The Kier molecular flexibility index (Phi) is 3.34. The number of hydrogen-bond donors (Lipinski definition) is 1. The van der Waals surface area contributed by atoms with Gasteiger partial charge in [-0.05, 0) is 25.0 Å². The van der Waals surface area contributed by atoms with Gasteiger partial charge in [0.15, 0.2) is 0 Å². The average molecular weight is 314 g/mol. The highest BCUT2D eigenvalue weighted by atomic mass is 35.5. The van der Waals surface area contributed by atoms with Gasteiger partial charge >= 0.3 is 6.03 Å². The summed E-state index contributed by atoms with van der Waals surface area (Å²) in [5.41, 5.74) is -0.278. The van der Waals surface area contributed by atoms with Gasteiger partial charge < -0.3 is 5.32 Å². The van der Waals surface area contributed by atoms with E-state index in [0.717, 1.165) is 12.8 Å². The van der Waals surface area contributed by atoms with Crippen LogP contribution in [0.25, 0.3) is 0 Å². The monoisotopic (exact) mass is 313 g/mol. The lowest BCUT2D eigenvalue weighted by atomic mass is 9.98. The van der Waals surface area contributed by atoms with E-state index in [-0.39, 0.29) is 23.6 Å². The van der Waals surface area contributed by atoms with Gasteiger partial charge in [-0.1, -0.05) is 36.0 Å². The summed E-state index contributed by atoms with van der Waals surface area (Å²) in [7, 11) is 0. The van der Waals surface area contributed by atoms with Crippen molar-refractivity contribution >= 4 is 35.1 Å². The summed E-state index contributed by atoms with van der Waals surface area (Å²) in [5.74, 6) is -0.183. The number of nitrogens with zero attached hydrogens (tertiary/aromatic N) is 2. The predicted molar refractivity (Wildman–Crippen MR) is 74.5 cm³/mol. The van der Waals surface area contributed by atoms with Crippen LogP contribution in [0.5, 0.6) is 0 Å². The van der Waals surface area contributed by atoms with Crippen LogP contribution in [-0.2, 0) is 11.3 Å². The first kappa shape index (κ1) is 13.6.